The van der Waals surface area contributed by atoms with Crippen LogP contribution in [0.3, 0.4) is 0 Å². The van der Waals surface area contributed by atoms with Crippen molar-refractivity contribution in [2.75, 3.05) is 0 Å². The Balaban J connectivity index is 2.72. The Kier molecular flexibility index (Phi) is 5.16. The van der Waals surface area contributed by atoms with E-state index in [0.29, 0.717) is 22.0 Å². The van der Waals surface area contributed by atoms with E-state index in [2.05, 4.69) is 6.58 Å². The Labute approximate surface area is 100 Å². The molecule has 1 aromatic carbocycles. The highest BCUT2D eigenvalue weighted by Crippen LogP contribution is 2.32. The van der Waals surface area contributed by atoms with Gasteiger partial charge in [-0.3, -0.25) is 0 Å². The standard InChI is InChI=1S/C12H14Cl2O/c1-2-3-4-8-11(15)12-9(13)6-5-7-10(12)14/h2,5-7,11,15H,1,3-4,8H2. The first-order valence-electron chi connectivity index (χ1n) is 4.89. The minimum absolute atomic E-state index is 0.522. The maximum atomic E-state index is 9.91. The van der Waals surface area contributed by atoms with Crippen LogP contribution in [-0.2, 0) is 0 Å². The molecule has 82 valence electrons. The summed E-state index contributed by atoms with van der Waals surface area (Å²) in [6, 6.07) is 5.24. The van der Waals surface area contributed by atoms with Gasteiger partial charge in [-0.15, -0.1) is 6.58 Å². The normalized spacial score (nSPS) is 12.5. The Morgan fingerprint density at radius 3 is 2.47 bits per heavy atom. The van der Waals surface area contributed by atoms with Crippen LogP contribution in [0.1, 0.15) is 30.9 Å². The molecular weight excluding hydrogens is 231 g/mol. The second kappa shape index (κ2) is 6.16. The zero-order chi connectivity index (χ0) is 11.3. The summed E-state index contributed by atoms with van der Waals surface area (Å²) in [6.07, 6.45) is 3.66. The summed E-state index contributed by atoms with van der Waals surface area (Å²) in [4.78, 5) is 0. The number of allylic oxidation sites excluding steroid dienone is 1. The van der Waals surface area contributed by atoms with Crippen molar-refractivity contribution in [2.24, 2.45) is 0 Å². The summed E-state index contributed by atoms with van der Waals surface area (Å²) in [7, 11) is 0. The van der Waals surface area contributed by atoms with E-state index < -0.39 is 6.10 Å². The van der Waals surface area contributed by atoms with Crippen LogP contribution in [0.5, 0.6) is 0 Å². The fourth-order valence-electron chi connectivity index (χ4n) is 1.43. The van der Waals surface area contributed by atoms with Gasteiger partial charge in [0.25, 0.3) is 0 Å². The zero-order valence-corrected chi connectivity index (χ0v) is 9.93. The van der Waals surface area contributed by atoms with E-state index in [1.807, 2.05) is 6.08 Å². The van der Waals surface area contributed by atoms with Gasteiger partial charge >= 0.3 is 0 Å². The molecule has 0 amide bonds. The van der Waals surface area contributed by atoms with E-state index in [-0.39, 0.29) is 0 Å². The highest BCUT2D eigenvalue weighted by atomic mass is 35.5. The number of hydrogen-bond donors (Lipinski definition) is 1. The van der Waals surface area contributed by atoms with Crippen molar-refractivity contribution < 1.29 is 5.11 Å². The summed E-state index contributed by atoms with van der Waals surface area (Å²) >= 11 is 11.9. The van der Waals surface area contributed by atoms with Gasteiger partial charge in [-0.05, 0) is 31.4 Å². The number of aliphatic hydroxyl groups is 1. The summed E-state index contributed by atoms with van der Waals surface area (Å²) < 4.78 is 0. The molecule has 1 atom stereocenters. The SMILES string of the molecule is C=CCCCC(O)c1c(Cl)cccc1Cl. The van der Waals surface area contributed by atoms with Gasteiger partial charge < -0.3 is 5.11 Å². The summed E-state index contributed by atoms with van der Waals surface area (Å²) in [5, 5.41) is 10.9. The van der Waals surface area contributed by atoms with Crippen molar-refractivity contribution in [1.29, 1.82) is 0 Å². The molecule has 0 heterocycles. The second-order valence-electron chi connectivity index (χ2n) is 3.37. The van der Waals surface area contributed by atoms with Crippen molar-refractivity contribution in [2.45, 2.75) is 25.4 Å². The molecule has 0 bridgehead atoms. The first-order valence-corrected chi connectivity index (χ1v) is 5.65. The minimum Gasteiger partial charge on any atom is -0.388 e. The third kappa shape index (κ3) is 3.53. The maximum Gasteiger partial charge on any atom is 0.0819 e. The van der Waals surface area contributed by atoms with Crippen molar-refractivity contribution >= 4 is 23.2 Å². The van der Waals surface area contributed by atoms with Crippen LogP contribution in [0.25, 0.3) is 0 Å². The molecule has 1 N–H and O–H groups in total. The van der Waals surface area contributed by atoms with Crippen LogP contribution in [0.2, 0.25) is 10.0 Å². The highest BCUT2D eigenvalue weighted by molar-refractivity contribution is 6.36. The lowest BCUT2D eigenvalue weighted by Gasteiger charge is -2.13. The number of unbranched alkanes of at least 4 members (excludes halogenated alkanes) is 1. The van der Waals surface area contributed by atoms with Gasteiger partial charge in [0.15, 0.2) is 0 Å². The van der Waals surface area contributed by atoms with E-state index in [1.165, 1.54) is 0 Å². The van der Waals surface area contributed by atoms with Crippen molar-refractivity contribution in [3.63, 3.8) is 0 Å². The van der Waals surface area contributed by atoms with Crippen molar-refractivity contribution in [3.05, 3.63) is 46.5 Å². The van der Waals surface area contributed by atoms with Gasteiger partial charge in [-0.25, -0.2) is 0 Å². The van der Waals surface area contributed by atoms with Crippen LogP contribution in [0.4, 0.5) is 0 Å². The maximum absolute atomic E-state index is 9.91. The lowest BCUT2D eigenvalue weighted by molar-refractivity contribution is 0.165. The average molecular weight is 245 g/mol. The number of halogens is 2. The van der Waals surface area contributed by atoms with Crippen LogP contribution in [0, 0.1) is 0 Å². The Morgan fingerprint density at radius 2 is 1.93 bits per heavy atom. The zero-order valence-electron chi connectivity index (χ0n) is 8.42. The molecule has 1 unspecified atom stereocenters. The molecular formula is C12H14Cl2O. The molecule has 0 saturated carbocycles. The van der Waals surface area contributed by atoms with E-state index in [9.17, 15) is 5.11 Å². The molecule has 15 heavy (non-hydrogen) atoms. The predicted molar refractivity (Wildman–Crippen MR) is 65.5 cm³/mol. The van der Waals surface area contributed by atoms with Gasteiger partial charge in [-0.2, -0.15) is 0 Å². The molecule has 1 nitrogen and oxygen atoms in total. The van der Waals surface area contributed by atoms with E-state index in [1.54, 1.807) is 18.2 Å². The van der Waals surface area contributed by atoms with Gasteiger partial charge in [-0.1, -0.05) is 35.3 Å². The number of aliphatic hydroxyl groups excluding tert-OH is 1. The molecule has 0 aliphatic rings. The van der Waals surface area contributed by atoms with Crippen molar-refractivity contribution in [1.82, 2.24) is 0 Å². The first kappa shape index (κ1) is 12.6. The molecule has 0 saturated heterocycles. The number of benzene rings is 1. The summed E-state index contributed by atoms with van der Waals surface area (Å²) in [6.45, 7) is 3.63. The van der Waals surface area contributed by atoms with Crippen LogP contribution >= 0.6 is 23.2 Å². The average Bonchev–Trinajstić information content (AvgIpc) is 2.18. The van der Waals surface area contributed by atoms with E-state index in [0.717, 1.165) is 12.8 Å². The minimum atomic E-state index is -0.592. The van der Waals surface area contributed by atoms with Gasteiger partial charge in [0.1, 0.15) is 0 Å². The lowest BCUT2D eigenvalue weighted by atomic mass is 10.0. The highest BCUT2D eigenvalue weighted by Gasteiger charge is 2.14. The quantitative estimate of drug-likeness (QED) is 0.602. The summed E-state index contributed by atoms with van der Waals surface area (Å²) in [5.41, 5.74) is 0.630. The molecule has 3 heteroatoms. The second-order valence-corrected chi connectivity index (χ2v) is 4.19. The summed E-state index contributed by atoms with van der Waals surface area (Å²) in [5.74, 6) is 0. The fraction of sp³-hybridized carbons (Fsp3) is 0.333. The number of hydrogen-bond acceptors (Lipinski definition) is 1. The van der Waals surface area contributed by atoms with Gasteiger partial charge in [0.05, 0.1) is 6.10 Å². The topological polar surface area (TPSA) is 20.2 Å². The van der Waals surface area contributed by atoms with E-state index >= 15 is 0 Å². The van der Waals surface area contributed by atoms with Crippen LogP contribution < -0.4 is 0 Å². The third-order valence-corrected chi connectivity index (χ3v) is 2.88. The lowest BCUT2D eigenvalue weighted by Crippen LogP contribution is -1.99. The molecule has 0 aliphatic carbocycles. The third-order valence-electron chi connectivity index (χ3n) is 2.22. The Hall–Kier alpha value is -0.500. The molecule has 0 radical (unpaired) electrons. The van der Waals surface area contributed by atoms with Crippen LogP contribution in [0.15, 0.2) is 30.9 Å². The smallest absolute Gasteiger partial charge is 0.0819 e. The molecule has 0 fully saturated rings. The monoisotopic (exact) mass is 244 g/mol. The molecule has 1 aromatic rings. The predicted octanol–water partition coefficient (Wildman–Crippen LogP) is 4.38. The van der Waals surface area contributed by atoms with Gasteiger partial charge in [0.2, 0.25) is 0 Å². The largest absolute Gasteiger partial charge is 0.388 e. The molecule has 0 aromatic heterocycles. The molecule has 0 spiro atoms. The molecule has 1 rings (SSSR count). The van der Waals surface area contributed by atoms with Crippen LogP contribution in [-0.4, -0.2) is 5.11 Å². The Morgan fingerprint density at radius 1 is 1.33 bits per heavy atom. The van der Waals surface area contributed by atoms with Crippen molar-refractivity contribution in [3.8, 4) is 0 Å². The Bertz CT molecular complexity index is 316. The molecule has 0 aliphatic heterocycles. The first-order chi connectivity index (χ1) is 7.16. The van der Waals surface area contributed by atoms with E-state index in [4.69, 9.17) is 23.2 Å². The van der Waals surface area contributed by atoms with Gasteiger partial charge in [0, 0.05) is 15.6 Å². The number of rotatable bonds is 5. The fourth-order valence-corrected chi connectivity index (χ4v) is 2.08.